The molecule has 1 saturated heterocycles. The Labute approximate surface area is 114 Å². The van der Waals surface area contributed by atoms with Crippen molar-refractivity contribution in [2.75, 3.05) is 18.5 Å². The molecule has 1 aromatic heterocycles. The first-order chi connectivity index (χ1) is 9.19. The van der Waals surface area contributed by atoms with Gasteiger partial charge >= 0.3 is 0 Å². The molecular weight excluding hydrogens is 240 g/mol. The Bertz CT molecular complexity index is 471. The van der Waals surface area contributed by atoms with Gasteiger partial charge in [0.25, 0.3) is 5.56 Å². The van der Waals surface area contributed by atoms with Crippen LogP contribution in [-0.4, -0.2) is 35.2 Å². The summed E-state index contributed by atoms with van der Waals surface area (Å²) in [5.74, 6) is 0.608. The zero-order valence-electron chi connectivity index (χ0n) is 12.1. The molecule has 0 radical (unpaired) electrons. The molecular formula is C14H24N4O. The molecule has 5 nitrogen and oxygen atoms in total. The quantitative estimate of drug-likeness (QED) is 0.888. The molecule has 0 aliphatic carbocycles. The fourth-order valence-electron chi connectivity index (χ4n) is 2.81. The molecule has 0 amide bonds. The molecule has 2 unspecified atom stereocenters. The van der Waals surface area contributed by atoms with Gasteiger partial charge < -0.3 is 14.8 Å². The van der Waals surface area contributed by atoms with Gasteiger partial charge in [0.15, 0.2) is 5.82 Å². The third kappa shape index (κ3) is 2.81. The molecule has 19 heavy (non-hydrogen) atoms. The van der Waals surface area contributed by atoms with E-state index in [1.54, 1.807) is 17.0 Å². The summed E-state index contributed by atoms with van der Waals surface area (Å²) in [6.07, 6.45) is 6.96. The van der Waals surface area contributed by atoms with Crippen LogP contribution < -0.4 is 15.8 Å². The van der Waals surface area contributed by atoms with Crippen molar-refractivity contribution in [2.45, 2.75) is 51.7 Å². The maximum Gasteiger partial charge on any atom is 0.293 e. The van der Waals surface area contributed by atoms with Crippen molar-refractivity contribution in [1.29, 1.82) is 0 Å². The lowest BCUT2D eigenvalue weighted by molar-refractivity contribution is 0.378. The largest absolute Gasteiger partial charge is 0.347 e. The molecule has 1 N–H and O–H groups in total. The number of nitrogens with one attached hydrogen (secondary N) is 1. The van der Waals surface area contributed by atoms with Gasteiger partial charge in [0.05, 0.1) is 0 Å². The van der Waals surface area contributed by atoms with Crippen LogP contribution in [0.25, 0.3) is 0 Å². The Morgan fingerprint density at radius 1 is 1.53 bits per heavy atom. The summed E-state index contributed by atoms with van der Waals surface area (Å²) in [7, 11) is 1.97. The van der Waals surface area contributed by atoms with Crippen LogP contribution in [0, 0.1) is 0 Å². The zero-order chi connectivity index (χ0) is 13.8. The number of likely N-dealkylation sites (N-methyl/N-ethyl adjacent to an activating group) is 1. The summed E-state index contributed by atoms with van der Waals surface area (Å²) in [4.78, 5) is 18.9. The van der Waals surface area contributed by atoms with Crippen LogP contribution in [-0.2, 0) is 6.54 Å². The fourth-order valence-corrected chi connectivity index (χ4v) is 2.81. The second kappa shape index (κ2) is 6.19. The Morgan fingerprint density at radius 3 is 3.00 bits per heavy atom. The topological polar surface area (TPSA) is 50.2 Å². The zero-order valence-corrected chi connectivity index (χ0v) is 12.1. The van der Waals surface area contributed by atoms with Crippen molar-refractivity contribution in [2.24, 2.45) is 0 Å². The molecule has 2 atom stereocenters. The van der Waals surface area contributed by atoms with Gasteiger partial charge in [-0.15, -0.1) is 0 Å². The molecule has 2 heterocycles. The van der Waals surface area contributed by atoms with E-state index in [1.165, 1.54) is 6.42 Å². The van der Waals surface area contributed by atoms with E-state index in [4.69, 9.17) is 0 Å². The van der Waals surface area contributed by atoms with E-state index in [9.17, 15) is 4.79 Å². The van der Waals surface area contributed by atoms with Crippen molar-refractivity contribution in [3.05, 3.63) is 22.7 Å². The van der Waals surface area contributed by atoms with E-state index < -0.39 is 0 Å². The van der Waals surface area contributed by atoms with Crippen LogP contribution in [0.4, 0.5) is 5.82 Å². The number of hydrogen-bond donors (Lipinski definition) is 1. The van der Waals surface area contributed by atoms with Crippen molar-refractivity contribution < 1.29 is 0 Å². The van der Waals surface area contributed by atoms with Gasteiger partial charge in [0.1, 0.15) is 0 Å². The van der Waals surface area contributed by atoms with Gasteiger partial charge in [-0.3, -0.25) is 4.79 Å². The Morgan fingerprint density at radius 2 is 2.32 bits per heavy atom. The standard InChI is InChI=1S/C14H24N4O/c1-4-17-10-8-16-13(14(17)19)18-9-6-5-7-12(18)11(2)15-3/h8,10-12,15H,4-7,9H2,1-3H3. The van der Waals surface area contributed by atoms with E-state index in [1.807, 2.05) is 14.0 Å². The summed E-state index contributed by atoms with van der Waals surface area (Å²) >= 11 is 0. The van der Waals surface area contributed by atoms with E-state index in [-0.39, 0.29) is 5.56 Å². The highest BCUT2D eigenvalue weighted by molar-refractivity contribution is 5.38. The van der Waals surface area contributed by atoms with Gasteiger partial charge in [-0.2, -0.15) is 0 Å². The average Bonchev–Trinajstić information content (AvgIpc) is 2.47. The Balaban J connectivity index is 2.35. The molecule has 1 aromatic rings. The molecule has 5 heteroatoms. The lowest BCUT2D eigenvalue weighted by Crippen LogP contribution is -2.52. The van der Waals surface area contributed by atoms with Crippen LogP contribution >= 0.6 is 0 Å². The number of hydrogen-bond acceptors (Lipinski definition) is 4. The smallest absolute Gasteiger partial charge is 0.293 e. The van der Waals surface area contributed by atoms with Crippen molar-refractivity contribution >= 4 is 5.82 Å². The molecule has 0 spiro atoms. The summed E-state index contributed by atoms with van der Waals surface area (Å²) in [5.41, 5.74) is 0.0280. The number of rotatable bonds is 4. The molecule has 2 rings (SSSR count). The van der Waals surface area contributed by atoms with Gasteiger partial charge in [-0.25, -0.2) is 4.98 Å². The number of piperidine rings is 1. The summed E-state index contributed by atoms with van der Waals surface area (Å²) in [6, 6.07) is 0.712. The highest BCUT2D eigenvalue weighted by atomic mass is 16.1. The van der Waals surface area contributed by atoms with Crippen LogP contribution in [0.5, 0.6) is 0 Å². The number of aromatic nitrogens is 2. The van der Waals surface area contributed by atoms with Crippen molar-refractivity contribution in [1.82, 2.24) is 14.9 Å². The van der Waals surface area contributed by atoms with Gasteiger partial charge in [0, 0.05) is 37.6 Å². The third-order valence-corrected chi connectivity index (χ3v) is 4.09. The minimum atomic E-state index is 0.0280. The van der Waals surface area contributed by atoms with Gasteiger partial charge in [-0.05, 0) is 40.2 Å². The van der Waals surface area contributed by atoms with Gasteiger partial charge in [-0.1, -0.05) is 0 Å². The highest BCUT2D eigenvalue weighted by Crippen LogP contribution is 2.22. The minimum Gasteiger partial charge on any atom is -0.347 e. The number of nitrogens with zero attached hydrogens (tertiary/aromatic N) is 3. The normalized spacial score (nSPS) is 21.4. The van der Waals surface area contributed by atoms with E-state index in [2.05, 4.69) is 22.1 Å². The molecule has 1 fully saturated rings. The molecule has 1 aliphatic heterocycles. The second-order valence-electron chi connectivity index (χ2n) is 5.18. The first-order valence-corrected chi connectivity index (χ1v) is 7.18. The monoisotopic (exact) mass is 264 g/mol. The SMILES string of the molecule is CCn1ccnc(N2CCCCC2C(C)NC)c1=O. The summed E-state index contributed by atoms with van der Waals surface area (Å²) < 4.78 is 1.72. The summed E-state index contributed by atoms with van der Waals surface area (Å²) in [6.45, 7) is 5.76. The lowest BCUT2D eigenvalue weighted by Gasteiger charge is -2.39. The number of anilines is 1. The summed E-state index contributed by atoms with van der Waals surface area (Å²) in [5, 5.41) is 3.30. The predicted molar refractivity (Wildman–Crippen MR) is 77.7 cm³/mol. The second-order valence-corrected chi connectivity index (χ2v) is 5.18. The molecule has 1 aliphatic rings. The average molecular weight is 264 g/mol. The van der Waals surface area contributed by atoms with Crippen LogP contribution in [0.2, 0.25) is 0 Å². The van der Waals surface area contributed by atoms with Crippen LogP contribution in [0.1, 0.15) is 33.1 Å². The van der Waals surface area contributed by atoms with E-state index >= 15 is 0 Å². The Hall–Kier alpha value is -1.36. The third-order valence-electron chi connectivity index (χ3n) is 4.09. The van der Waals surface area contributed by atoms with Crippen LogP contribution in [0.15, 0.2) is 17.2 Å². The fraction of sp³-hybridized carbons (Fsp3) is 0.714. The first kappa shape index (κ1) is 14.1. The van der Waals surface area contributed by atoms with E-state index in [0.29, 0.717) is 24.4 Å². The maximum absolute atomic E-state index is 12.4. The molecule has 0 aromatic carbocycles. The van der Waals surface area contributed by atoms with Gasteiger partial charge in [0.2, 0.25) is 0 Å². The minimum absolute atomic E-state index is 0.0280. The Kier molecular flexibility index (Phi) is 4.58. The maximum atomic E-state index is 12.4. The van der Waals surface area contributed by atoms with Crippen LogP contribution in [0.3, 0.4) is 0 Å². The highest BCUT2D eigenvalue weighted by Gasteiger charge is 2.29. The lowest BCUT2D eigenvalue weighted by atomic mass is 9.96. The van der Waals surface area contributed by atoms with Crippen molar-refractivity contribution in [3.8, 4) is 0 Å². The molecule has 0 bridgehead atoms. The first-order valence-electron chi connectivity index (χ1n) is 7.18. The number of aryl methyl sites for hydroxylation is 1. The predicted octanol–water partition coefficient (Wildman–Crippen LogP) is 1.23. The molecule has 0 saturated carbocycles. The molecule has 106 valence electrons. The van der Waals surface area contributed by atoms with E-state index in [0.717, 1.165) is 19.4 Å². The van der Waals surface area contributed by atoms with Crippen molar-refractivity contribution in [3.63, 3.8) is 0 Å².